The summed E-state index contributed by atoms with van der Waals surface area (Å²) in [4.78, 5) is 13.0. The van der Waals surface area contributed by atoms with E-state index >= 15 is 0 Å². The number of rotatable bonds is 7. The maximum atomic E-state index is 12.4. The van der Waals surface area contributed by atoms with Gasteiger partial charge < -0.3 is 20.1 Å². The van der Waals surface area contributed by atoms with Gasteiger partial charge in [0.25, 0.3) is 5.91 Å². The predicted octanol–water partition coefficient (Wildman–Crippen LogP) is 5.02. The number of aryl methyl sites for hydroxylation is 1. The van der Waals surface area contributed by atoms with Crippen molar-refractivity contribution in [1.82, 2.24) is 5.32 Å². The van der Waals surface area contributed by atoms with Crippen molar-refractivity contribution >= 4 is 45.4 Å². The summed E-state index contributed by atoms with van der Waals surface area (Å²) in [5.41, 5.74) is 2.89. The van der Waals surface area contributed by atoms with Crippen LogP contribution in [0.2, 0.25) is 0 Å². The minimum atomic E-state index is -0.213. The van der Waals surface area contributed by atoms with Crippen molar-refractivity contribution < 1.29 is 14.3 Å². The van der Waals surface area contributed by atoms with Crippen molar-refractivity contribution in [2.45, 2.75) is 25.8 Å². The SMILES string of the molecule is CCOc1cc(Br)c(/C=C2\S[C@H](Nc3ccc(CC)cc3)NC2=O)cc1OC. The topological polar surface area (TPSA) is 59.6 Å². The van der Waals surface area contributed by atoms with Crippen LogP contribution < -0.4 is 20.1 Å². The van der Waals surface area contributed by atoms with Crippen molar-refractivity contribution in [1.29, 1.82) is 0 Å². The Bertz CT molecular complexity index is 884. The highest BCUT2D eigenvalue weighted by Gasteiger charge is 2.27. The number of carbonyl (C=O) groups is 1. The van der Waals surface area contributed by atoms with E-state index in [1.807, 2.05) is 37.3 Å². The Morgan fingerprint density at radius 1 is 1.21 bits per heavy atom. The van der Waals surface area contributed by atoms with E-state index in [-0.39, 0.29) is 11.4 Å². The van der Waals surface area contributed by atoms with Gasteiger partial charge in [-0.2, -0.15) is 0 Å². The summed E-state index contributed by atoms with van der Waals surface area (Å²) in [6.45, 7) is 4.60. The van der Waals surface area contributed by atoms with Crippen LogP contribution in [0.4, 0.5) is 5.69 Å². The molecule has 1 atom stereocenters. The van der Waals surface area contributed by atoms with Crippen molar-refractivity contribution in [3.05, 3.63) is 56.9 Å². The van der Waals surface area contributed by atoms with E-state index < -0.39 is 0 Å². The van der Waals surface area contributed by atoms with Crippen molar-refractivity contribution in [3.8, 4) is 11.5 Å². The van der Waals surface area contributed by atoms with Gasteiger partial charge in [-0.15, -0.1) is 0 Å². The number of benzene rings is 2. The summed E-state index contributed by atoms with van der Waals surface area (Å²) in [5.74, 6) is 1.19. The second-order valence-electron chi connectivity index (χ2n) is 6.13. The van der Waals surface area contributed by atoms with Gasteiger partial charge in [0.15, 0.2) is 17.0 Å². The van der Waals surface area contributed by atoms with Crippen LogP contribution in [0, 0.1) is 0 Å². The van der Waals surface area contributed by atoms with Crippen LogP contribution in [-0.2, 0) is 11.2 Å². The third kappa shape index (κ3) is 4.83. The lowest BCUT2D eigenvalue weighted by atomic mass is 10.1. The van der Waals surface area contributed by atoms with Gasteiger partial charge in [-0.3, -0.25) is 4.79 Å². The molecule has 2 N–H and O–H groups in total. The Balaban J connectivity index is 1.76. The molecule has 1 amide bonds. The van der Waals surface area contributed by atoms with Gasteiger partial charge in [0.05, 0.1) is 18.6 Å². The molecule has 0 bridgehead atoms. The fourth-order valence-corrected chi connectivity index (χ4v) is 4.20. The molecule has 0 saturated carbocycles. The van der Waals surface area contributed by atoms with Gasteiger partial charge >= 0.3 is 0 Å². The number of hydrogen-bond donors (Lipinski definition) is 2. The summed E-state index contributed by atoms with van der Waals surface area (Å²) in [6, 6.07) is 12.0. The zero-order valence-electron chi connectivity index (χ0n) is 16.0. The highest BCUT2D eigenvalue weighted by Crippen LogP contribution is 2.37. The molecule has 0 aliphatic carbocycles. The number of anilines is 1. The van der Waals surface area contributed by atoms with Crippen LogP contribution in [-0.4, -0.2) is 25.1 Å². The fourth-order valence-electron chi connectivity index (χ4n) is 2.78. The number of methoxy groups -OCH3 is 1. The molecule has 1 aliphatic rings. The number of thioether (sulfide) groups is 1. The second kappa shape index (κ2) is 9.39. The van der Waals surface area contributed by atoms with Crippen LogP contribution >= 0.6 is 27.7 Å². The Hall–Kier alpha value is -2.12. The van der Waals surface area contributed by atoms with E-state index in [0.717, 1.165) is 22.1 Å². The molecule has 5 nitrogen and oxygen atoms in total. The summed E-state index contributed by atoms with van der Waals surface area (Å²) < 4.78 is 11.8. The van der Waals surface area contributed by atoms with E-state index in [1.54, 1.807) is 7.11 Å². The van der Waals surface area contributed by atoms with Gasteiger partial charge in [0.1, 0.15) is 0 Å². The monoisotopic (exact) mass is 462 g/mol. The van der Waals surface area contributed by atoms with Gasteiger partial charge in [-0.25, -0.2) is 0 Å². The Labute approximate surface area is 178 Å². The molecule has 0 unspecified atom stereocenters. The molecule has 1 aliphatic heterocycles. The lowest BCUT2D eigenvalue weighted by molar-refractivity contribution is -0.116. The average molecular weight is 463 g/mol. The molecule has 3 rings (SSSR count). The third-order valence-corrected chi connectivity index (χ3v) is 5.98. The van der Waals surface area contributed by atoms with E-state index in [1.165, 1.54) is 17.3 Å². The van der Waals surface area contributed by atoms with E-state index in [2.05, 4.69) is 45.6 Å². The first kappa shape index (κ1) is 20.6. The van der Waals surface area contributed by atoms with Crippen LogP contribution in [0.15, 0.2) is 45.8 Å². The first-order chi connectivity index (χ1) is 13.5. The molecule has 2 aromatic rings. The van der Waals surface area contributed by atoms with Crippen LogP contribution in [0.25, 0.3) is 6.08 Å². The Morgan fingerprint density at radius 2 is 1.96 bits per heavy atom. The van der Waals surface area contributed by atoms with Crippen LogP contribution in [0.3, 0.4) is 0 Å². The first-order valence-electron chi connectivity index (χ1n) is 9.09. The molecule has 0 aromatic heterocycles. The molecular formula is C21H23BrN2O3S. The zero-order chi connectivity index (χ0) is 20.1. The smallest absolute Gasteiger partial charge is 0.260 e. The van der Waals surface area contributed by atoms with E-state index in [0.29, 0.717) is 23.0 Å². The highest BCUT2D eigenvalue weighted by molar-refractivity contribution is 9.10. The molecule has 1 heterocycles. The second-order valence-corrected chi connectivity index (χ2v) is 8.13. The highest BCUT2D eigenvalue weighted by atomic mass is 79.9. The third-order valence-electron chi connectivity index (χ3n) is 4.26. The maximum absolute atomic E-state index is 12.4. The average Bonchev–Trinajstić information content (AvgIpc) is 3.03. The number of carbonyl (C=O) groups excluding carboxylic acids is 1. The fraction of sp³-hybridized carbons (Fsp3) is 0.286. The van der Waals surface area contributed by atoms with E-state index in [9.17, 15) is 4.79 Å². The Morgan fingerprint density at radius 3 is 2.61 bits per heavy atom. The molecule has 0 radical (unpaired) electrons. The van der Waals surface area contributed by atoms with Gasteiger partial charge in [0.2, 0.25) is 0 Å². The quantitative estimate of drug-likeness (QED) is 0.565. The van der Waals surface area contributed by atoms with Gasteiger partial charge in [-0.1, -0.05) is 46.7 Å². The molecule has 1 fully saturated rings. The molecule has 148 valence electrons. The zero-order valence-corrected chi connectivity index (χ0v) is 18.4. The Kier molecular flexibility index (Phi) is 6.91. The molecule has 0 spiro atoms. The minimum Gasteiger partial charge on any atom is -0.493 e. The number of halogens is 1. The van der Waals surface area contributed by atoms with Crippen molar-refractivity contribution in [2.24, 2.45) is 0 Å². The number of amides is 1. The maximum Gasteiger partial charge on any atom is 0.260 e. The van der Waals surface area contributed by atoms with Crippen molar-refractivity contribution in [3.63, 3.8) is 0 Å². The minimum absolute atomic E-state index is 0.104. The summed E-state index contributed by atoms with van der Waals surface area (Å²) >= 11 is 5.00. The summed E-state index contributed by atoms with van der Waals surface area (Å²) in [7, 11) is 1.60. The molecule has 28 heavy (non-hydrogen) atoms. The van der Waals surface area contributed by atoms with Gasteiger partial charge in [-0.05, 0) is 54.8 Å². The lowest BCUT2D eigenvalue weighted by Gasteiger charge is -2.13. The molecule has 2 aromatic carbocycles. The largest absolute Gasteiger partial charge is 0.493 e. The number of hydrogen-bond acceptors (Lipinski definition) is 5. The molecule has 1 saturated heterocycles. The van der Waals surface area contributed by atoms with Crippen molar-refractivity contribution in [2.75, 3.05) is 19.0 Å². The predicted molar refractivity (Wildman–Crippen MR) is 119 cm³/mol. The first-order valence-corrected chi connectivity index (χ1v) is 10.8. The number of ether oxygens (including phenoxy) is 2. The normalized spacial score (nSPS) is 17.5. The van der Waals surface area contributed by atoms with Crippen LogP contribution in [0.1, 0.15) is 25.0 Å². The summed E-state index contributed by atoms with van der Waals surface area (Å²) in [6.07, 6.45) is 2.85. The molecular weight excluding hydrogens is 440 g/mol. The summed E-state index contributed by atoms with van der Waals surface area (Å²) in [5, 5.41) is 6.29. The van der Waals surface area contributed by atoms with E-state index in [4.69, 9.17) is 9.47 Å². The number of nitrogens with one attached hydrogen (secondary N) is 2. The standard InChI is InChI=1S/C21H23BrN2O3S/c1-4-13-6-8-15(9-7-13)23-21-24-20(25)19(28-21)11-14-10-17(26-3)18(27-5-2)12-16(14)22/h6-12,21,23H,4-5H2,1-3H3,(H,24,25)/b19-11-/t21-/m1/s1. The lowest BCUT2D eigenvalue weighted by Crippen LogP contribution is -2.30. The van der Waals surface area contributed by atoms with Crippen LogP contribution in [0.5, 0.6) is 11.5 Å². The van der Waals surface area contributed by atoms with Gasteiger partial charge in [0, 0.05) is 10.2 Å². The molecule has 7 heteroatoms.